The van der Waals surface area contributed by atoms with E-state index in [1.807, 2.05) is 6.07 Å². The third-order valence-electron chi connectivity index (χ3n) is 3.19. The number of phenolic OH excluding ortho intramolecular Hbond substituents is 1. The molecule has 0 radical (unpaired) electrons. The van der Waals surface area contributed by atoms with Crippen molar-refractivity contribution in [2.24, 2.45) is 5.73 Å². The second kappa shape index (κ2) is 4.98. The molecule has 0 spiro atoms. The van der Waals surface area contributed by atoms with Crippen molar-refractivity contribution in [2.45, 2.75) is 51.2 Å². The van der Waals surface area contributed by atoms with E-state index in [-0.39, 0.29) is 11.3 Å². The molecule has 1 amide bonds. The van der Waals surface area contributed by atoms with Gasteiger partial charge < -0.3 is 15.6 Å². The zero-order chi connectivity index (χ0) is 15.0. The van der Waals surface area contributed by atoms with Gasteiger partial charge in [-0.25, -0.2) is 4.79 Å². The van der Waals surface area contributed by atoms with E-state index in [0.29, 0.717) is 12.1 Å². The van der Waals surface area contributed by atoms with E-state index in [1.54, 1.807) is 26.8 Å². The second-order valence-corrected chi connectivity index (χ2v) is 6.48. The molecule has 0 aromatic heterocycles. The Labute approximate surface area is 119 Å². The molecule has 1 aromatic rings. The van der Waals surface area contributed by atoms with E-state index in [9.17, 15) is 9.90 Å². The van der Waals surface area contributed by atoms with Crippen LogP contribution in [0.3, 0.4) is 0 Å². The molecule has 0 atom stereocenters. The molecule has 20 heavy (non-hydrogen) atoms. The number of phenols is 1. The summed E-state index contributed by atoms with van der Waals surface area (Å²) in [6.45, 7) is 5.37. The van der Waals surface area contributed by atoms with Crippen LogP contribution >= 0.6 is 0 Å². The first-order valence-electron chi connectivity index (χ1n) is 6.78. The van der Waals surface area contributed by atoms with Crippen molar-refractivity contribution in [2.75, 3.05) is 5.32 Å². The van der Waals surface area contributed by atoms with Gasteiger partial charge in [0.15, 0.2) is 0 Å². The highest BCUT2D eigenvalue weighted by Gasteiger charge is 2.38. The van der Waals surface area contributed by atoms with Crippen LogP contribution < -0.4 is 11.1 Å². The summed E-state index contributed by atoms with van der Waals surface area (Å²) < 4.78 is 5.20. The molecule has 5 heteroatoms. The molecule has 1 saturated carbocycles. The van der Waals surface area contributed by atoms with Crippen molar-refractivity contribution < 1.29 is 14.6 Å². The molecule has 2 rings (SSSR count). The normalized spacial score (nSPS) is 16.6. The Morgan fingerprint density at radius 1 is 1.45 bits per heavy atom. The molecule has 110 valence electrons. The Kier molecular flexibility index (Phi) is 3.65. The Morgan fingerprint density at radius 3 is 2.65 bits per heavy atom. The number of carbonyl (C=O) groups is 1. The Hall–Kier alpha value is -1.75. The van der Waals surface area contributed by atoms with Crippen LogP contribution in [0.1, 0.15) is 39.2 Å². The zero-order valence-corrected chi connectivity index (χ0v) is 12.2. The van der Waals surface area contributed by atoms with Crippen molar-refractivity contribution in [3.8, 4) is 5.75 Å². The SMILES string of the molecule is CC(C)(C)OC(=O)Nc1c(O)cccc1CC1(N)CC1. The van der Waals surface area contributed by atoms with Crippen molar-refractivity contribution in [1.82, 2.24) is 0 Å². The lowest BCUT2D eigenvalue weighted by molar-refractivity contribution is 0.0635. The minimum Gasteiger partial charge on any atom is -0.506 e. The Balaban J connectivity index is 2.15. The molecule has 0 unspecified atom stereocenters. The number of nitrogens with one attached hydrogen (secondary N) is 1. The van der Waals surface area contributed by atoms with E-state index in [0.717, 1.165) is 18.4 Å². The van der Waals surface area contributed by atoms with Crippen molar-refractivity contribution >= 4 is 11.8 Å². The molecule has 1 aromatic carbocycles. The first-order valence-corrected chi connectivity index (χ1v) is 6.78. The van der Waals surface area contributed by atoms with Crippen LogP contribution in [0.2, 0.25) is 0 Å². The summed E-state index contributed by atoms with van der Waals surface area (Å²) in [5.41, 5.74) is 6.54. The predicted octanol–water partition coefficient (Wildman–Crippen LogP) is 2.77. The van der Waals surface area contributed by atoms with Gasteiger partial charge in [-0.3, -0.25) is 5.32 Å². The third kappa shape index (κ3) is 3.87. The quantitative estimate of drug-likeness (QED) is 0.742. The molecule has 0 bridgehead atoms. The van der Waals surface area contributed by atoms with Crippen LogP contribution in [0.4, 0.5) is 10.5 Å². The number of benzene rings is 1. The number of carbonyl (C=O) groups excluding carboxylic acids is 1. The fraction of sp³-hybridized carbons (Fsp3) is 0.533. The van der Waals surface area contributed by atoms with Crippen molar-refractivity contribution in [3.63, 3.8) is 0 Å². The lowest BCUT2D eigenvalue weighted by Crippen LogP contribution is -2.29. The standard InChI is InChI=1S/C15H22N2O3/c1-14(2,3)20-13(19)17-12-10(5-4-6-11(12)18)9-15(16)7-8-15/h4-6,18H,7-9,16H2,1-3H3,(H,17,19). The Morgan fingerprint density at radius 2 is 2.10 bits per heavy atom. The summed E-state index contributed by atoms with van der Waals surface area (Å²) in [5.74, 6) is 0.0256. The number of amides is 1. The Bertz CT molecular complexity index is 516. The number of para-hydroxylation sites is 1. The number of aromatic hydroxyl groups is 1. The van der Waals surface area contributed by atoms with Crippen LogP contribution in [-0.4, -0.2) is 22.3 Å². The molecular formula is C15H22N2O3. The summed E-state index contributed by atoms with van der Waals surface area (Å²) >= 11 is 0. The maximum absolute atomic E-state index is 11.8. The first kappa shape index (κ1) is 14.7. The van der Waals surface area contributed by atoms with Gasteiger partial charge in [0.1, 0.15) is 11.4 Å². The number of anilines is 1. The molecule has 1 aliphatic rings. The summed E-state index contributed by atoms with van der Waals surface area (Å²) in [5, 5.41) is 12.6. The van der Waals surface area contributed by atoms with Crippen molar-refractivity contribution in [3.05, 3.63) is 23.8 Å². The van der Waals surface area contributed by atoms with Crippen LogP contribution in [0.25, 0.3) is 0 Å². The van der Waals surface area contributed by atoms with Gasteiger partial charge in [0, 0.05) is 5.54 Å². The maximum Gasteiger partial charge on any atom is 0.412 e. The summed E-state index contributed by atoms with van der Waals surface area (Å²) in [6, 6.07) is 5.14. The van der Waals surface area contributed by atoms with Crippen molar-refractivity contribution in [1.29, 1.82) is 0 Å². The predicted molar refractivity (Wildman–Crippen MR) is 77.8 cm³/mol. The molecule has 0 heterocycles. The number of nitrogens with two attached hydrogens (primary N) is 1. The average Bonchev–Trinajstić information content (AvgIpc) is 2.99. The molecule has 5 nitrogen and oxygen atoms in total. The first-order chi connectivity index (χ1) is 9.19. The second-order valence-electron chi connectivity index (χ2n) is 6.48. The number of hydrogen-bond donors (Lipinski definition) is 3. The lowest BCUT2D eigenvalue weighted by Gasteiger charge is -2.21. The largest absolute Gasteiger partial charge is 0.506 e. The topological polar surface area (TPSA) is 84.6 Å². The average molecular weight is 278 g/mol. The number of hydrogen-bond acceptors (Lipinski definition) is 4. The van der Waals surface area contributed by atoms with Gasteiger partial charge in [0.2, 0.25) is 0 Å². The highest BCUT2D eigenvalue weighted by Crippen LogP contribution is 2.39. The molecule has 1 fully saturated rings. The van der Waals surface area contributed by atoms with Gasteiger partial charge in [-0.05, 0) is 51.7 Å². The van der Waals surface area contributed by atoms with E-state index in [2.05, 4.69) is 5.32 Å². The van der Waals surface area contributed by atoms with E-state index < -0.39 is 11.7 Å². The fourth-order valence-corrected chi connectivity index (χ4v) is 2.00. The lowest BCUT2D eigenvalue weighted by atomic mass is 10.0. The monoisotopic (exact) mass is 278 g/mol. The summed E-state index contributed by atoms with van der Waals surface area (Å²) in [7, 11) is 0. The summed E-state index contributed by atoms with van der Waals surface area (Å²) in [4.78, 5) is 11.8. The molecule has 0 aliphatic heterocycles. The van der Waals surface area contributed by atoms with Crippen LogP contribution in [0, 0.1) is 0 Å². The van der Waals surface area contributed by atoms with Gasteiger partial charge in [-0.1, -0.05) is 12.1 Å². The minimum atomic E-state index is -0.583. The van der Waals surface area contributed by atoms with Crippen LogP contribution in [-0.2, 0) is 11.2 Å². The van der Waals surface area contributed by atoms with Gasteiger partial charge in [-0.2, -0.15) is 0 Å². The smallest absolute Gasteiger partial charge is 0.412 e. The summed E-state index contributed by atoms with van der Waals surface area (Å²) in [6.07, 6.45) is 1.98. The van der Waals surface area contributed by atoms with Gasteiger partial charge >= 0.3 is 6.09 Å². The van der Waals surface area contributed by atoms with Gasteiger partial charge in [0.25, 0.3) is 0 Å². The minimum absolute atomic E-state index is 0.0256. The van der Waals surface area contributed by atoms with Crippen LogP contribution in [0.15, 0.2) is 18.2 Å². The highest BCUT2D eigenvalue weighted by atomic mass is 16.6. The fourth-order valence-electron chi connectivity index (χ4n) is 2.00. The van der Waals surface area contributed by atoms with Crippen LogP contribution in [0.5, 0.6) is 5.75 Å². The number of rotatable bonds is 3. The van der Waals surface area contributed by atoms with Gasteiger partial charge in [0.05, 0.1) is 5.69 Å². The molecule has 4 N–H and O–H groups in total. The zero-order valence-electron chi connectivity index (χ0n) is 12.2. The van der Waals surface area contributed by atoms with E-state index >= 15 is 0 Å². The molecule has 1 aliphatic carbocycles. The maximum atomic E-state index is 11.8. The highest BCUT2D eigenvalue weighted by molar-refractivity contribution is 5.88. The third-order valence-corrected chi connectivity index (χ3v) is 3.19. The number of ether oxygens (including phenoxy) is 1. The molecule has 0 saturated heterocycles. The van der Waals surface area contributed by atoms with Gasteiger partial charge in [-0.15, -0.1) is 0 Å². The molecular weight excluding hydrogens is 256 g/mol. The van der Waals surface area contributed by atoms with E-state index in [4.69, 9.17) is 10.5 Å². The van der Waals surface area contributed by atoms with E-state index in [1.165, 1.54) is 6.07 Å².